The minimum absolute atomic E-state index is 0.302. The van der Waals surface area contributed by atoms with E-state index >= 15 is 0 Å². The Balaban J connectivity index is 2.14. The standard InChI is InChI=1S/C10H8ClNO2S/c11-9-3-7(6-15-9)4-12-2-1-8(5-12)10(13)14/h1-3,5-6H,4H2,(H,13,14). The van der Waals surface area contributed by atoms with Gasteiger partial charge >= 0.3 is 5.97 Å². The number of rotatable bonds is 3. The Morgan fingerprint density at radius 3 is 2.93 bits per heavy atom. The first kappa shape index (κ1) is 10.3. The van der Waals surface area contributed by atoms with Crippen molar-refractivity contribution in [3.63, 3.8) is 0 Å². The van der Waals surface area contributed by atoms with Gasteiger partial charge in [0.05, 0.1) is 9.90 Å². The van der Waals surface area contributed by atoms with Gasteiger partial charge in [-0.1, -0.05) is 11.6 Å². The monoisotopic (exact) mass is 241 g/mol. The predicted molar refractivity (Wildman–Crippen MR) is 59.8 cm³/mol. The van der Waals surface area contributed by atoms with Gasteiger partial charge in [-0.15, -0.1) is 11.3 Å². The van der Waals surface area contributed by atoms with Gasteiger partial charge in [-0.25, -0.2) is 4.79 Å². The van der Waals surface area contributed by atoms with Crippen LogP contribution in [-0.4, -0.2) is 15.6 Å². The van der Waals surface area contributed by atoms with E-state index in [-0.39, 0.29) is 0 Å². The van der Waals surface area contributed by atoms with E-state index in [1.165, 1.54) is 11.3 Å². The van der Waals surface area contributed by atoms with E-state index in [0.29, 0.717) is 12.1 Å². The number of hydrogen-bond donors (Lipinski definition) is 1. The second-order valence-electron chi connectivity index (χ2n) is 3.14. The molecule has 2 rings (SSSR count). The molecule has 5 heteroatoms. The van der Waals surface area contributed by atoms with E-state index in [1.807, 2.05) is 16.0 Å². The summed E-state index contributed by atoms with van der Waals surface area (Å²) in [5.41, 5.74) is 1.38. The molecule has 0 amide bonds. The molecule has 2 heterocycles. The zero-order valence-electron chi connectivity index (χ0n) is 7.68. The first-order chi connectivity index (χ1) is 7.15. The smallest absolute Gasteiger partial charge is 0.337 e. The summed E-state index contributed by atoms with van der Waals surface area (Å²) < 4.78 is 2.57. The van der Waals surface area contributed by atoms with Crippen LogP contribution in [0.5, 0.6) is 0 Å². The minimum Gasteiger partial charge on any atom is -0.478 e. The van der Waals surface area contributed by atoms with Crippen molar-refractivity contribution in [2.45, 2.75) is 6.54 Å². The van der Waals surface area contributed by atoms with E-state index in [4.69, 9.17) is 16.7 Å². The van der Waals surface area contributed by atoms with Crippen LogP contribution in [0.25, 0.3) is 0 Å². The zero-order valence-corrected chi connectivity index (χ0v) is 9.26. The lowest BCUT2D eigenvalue weighted by Gasteiger charge is -1.98. The normalized spacial score (nSPS) is 10.5. The third kappa shape index (κ3) is 2.40. The number of carboxylic acid groups (broad SMARTS) is 1. The highest BCUT2D eigenvalue weighted by Gasteiger charge is 2.05. The Morgan fingerprint density at radius 1 is 1.60 bits per heavy atom. The highest BCUT2D eigenvalue weighted by molar-refractivity contribution is 7.14. The van der Waals surface area contributed by atoms with Crippen LogP contribution >= 0.6 is 22.9 Å². The van der Waals surface area contributed by atoms with Crippen LogP contribution in [0.15, 0.2) is 29.9 Å². The molecule has 2 aromatic heterocycles. The maximum absolute atomic E-state index is 10.6. The van der Waals surface area contributed by atoms with Crippen LogP contribution in [0.2, 0.25) is 4.34 Å². The van der Waals surface area contributed by atoms with Crippen LogP contribution in [0, 0.1) is 0 Å². The van der Waals surface area contributed by atoms with Gasteiger partial charge in [-0.05, 0) is 23.1 Å². The number of halogens is 1. The number of aromatic carboxylic acids is 1. The fourth-order valence-electron chi connectivity index (χ4n) is 1.31. The van der Waals surface area contributed by atoms with E-state index in [0.717, 1.165) is 9.90 Å². The summed E-state index contributed by atoms with van der Waals surface area (Å²) >= 11 is 7.27. The fourth-order valence-corrected chi connectivity index (χ4v) is 2.20. The maximum atomic E-state index is 10.6. The first-order valence-corrected chi connectivity index (χ1v) is 5.53. The van der Waals surface area contributed by atoms with Crippen LogP contribution in [0.1, 0.15) is 15.9 Å². The van der Waals surface area contributed by atoms with E-state index in [2.05, 4.69) is 0 Å². The molecule has 0 unspecified atom stereocenters. The number of hydrogen-bond acceptors (Lipinski definition) is 2. The molecule has 0 spiro atoms. The summed E-state index contributed by atoms with van der Waals surface area (Å²) in [6, 6.07) is 3.46. The second-order valence-corrected chi connectivity index (χ2v) is 4.68. The molecule has 15 heavy (non-hydrogen) atoms. The van der Waals surface area contributed by atoms with Gasteiger partial charge in [0.1, 0.15) is 0 Å². The molecule has 78 valence electrons. The van der Waals surface area contributed by atoms with Crippen molar-refractivity contribution in [3.8, 4) is 0 Å². The van der Waals surface area contributed by atoms with Crippen LogP contribution in [0.3, 0.4) is 0 Å². The molecule has 0 fully saturated rings. The van der Waals surface area contributed by atoms with Crippen molar-refractivity contribution >= 4 is 28.9 Å². The third-order valence-corrected chi connectivity index (χ3v) is 3.12. The Morgan fingerprint density at radius 2 is 2.40 bits per heavy atom. The van der Waals surface area contributed by atoms with Crippen molar-refractivity contribution in [1.29, 1.82) is 0 Å². The largest absolute Gasteiger partial charge is 0.478 e. The summed E-state index contributed by atoms with van der Waals surface area (Å²) in [5, 5.41) is 10.7. The fraction of sp³-hybridized carbons (Fsp3) is 0.100. The molecular formula is C10H8ClNO2S. The lowest BCUT2D eigenvalue weighted by Crippen LogP contribution is -1.96. The second kappa shape index (κ2) is 4.08. The molecule has 0 saturated heterocycles. The Kier molecular flexibility index (Phi) is 2.79. The lowest BCUT2D eigenvalue weighted by molar-refractivity contribution is 0.0697. The molecule has 3 nitrogen and oxygen atoms in total. The first-order valence-electron chi connectivity index (χ1n) is 4.27. The molecular weight excluding hydrogens is 234 g/mol. The van der Waals surface area contributed by atoms with Gasteiger partial charge < -0.3 is 9.67 Å². The van der Waals surface area contributed by atoms with Gasteiger partial charge in [0.15, 0.2) is 0 Å². The average molecular weight is 242 g/mol. The number of aromatic nitrogens is 1. The van der Waals surface area contributed by atoms with Gasteiger partial charge in [0, 0.05) is 18.9 Å². The molecule has 0 atom stereocenters. The minimum atomic E-state index is -0.905. The maximum Gasteiger partial charge on any atom is 0.337 e. The van der Waals surface area contributed by atoms with Crippen molar-refractivity contribution in [2.24, 2.45) is 0 Å². The van der Waals surface area contributed by atoms with Crippen molar-refractivity contribution < 1.29 is 9.90 Å². The quantitative estimate of drug-likeness (QED) is 0.898. The van der Waals surface area contributed by atoms with Crippen LogP contribution < -0.4 is 0 Å². The van der Waals surface area contributed by atoms with Crippen molar-refractivity contribution in [2.75, 3.05) is 0 Å². The average Bonchev–Trinajstić information content (AvgIpc) is 2.76. The Bertz CT molecular complexity index is 489. The summed E-state index contributed by atoms with van der Waals surface area (Å²) in [6.45, 7) is 0.649. The van der Waals surface area contributed by atoms with E-state index in [1.54, 1.807) is 18.5 Å². The van der Waals surface area contributed by atoms with Crippen LogP contribution in [0.4, 0.5) is 0 Å². The lowest BCUT2D eigenvalue weighted by atomic mass is 10.3. The van der Waals surface area contributed by atoms with Crippen LogP contribution in [-0.2, 0) is 6.54 Å². The van der Waals surface area contributed by atoms with E-state index < -0.39 is 5.97 Å². The third-order valence-electron chi connectivity index (χ3n) is 1.98. The van der Waals surface area contributed by atoms with Gasteiger partial charge in [-0.2, -0.15) is 0 Å². The molecule has 0 aliphatic carbocycles. The summed E-state index contributed by atoms with van der Waals surface area (Å²) in [4.78, 5) is 10.6. The molecule has 0 bridgehead atoms. The Labute approximate surface area is 95.5 Å². The highest BCUT2D eigenvalue weighted by Crippen LogP contribution is 2.20. The SMILES string of the molecule is O=C(O)c1ccn(Cc2csc(Cl)c2)c1. The molecule has 0 aliphatic rings. The van der Waals surface area contributed by atoms with Crippen molar-refractivity contribution in [3.05, 3.63) is 45.4 Å². The number of carboxylic acids is 1. The number of carbonyl (C=O) groups is 1. The highest BCUT2D eigenvalue weighted by atomic mass is 35.5. The molecule has 1 N–H and O–H groups in total. The summed E-state index contributed by atoms with van der Waals surface area (Å²) in [6.07, 6.45) is 3.35. The van der Waals surface area contributed by atoms with E-state index in [9.17, 15) is 4.79 Å². The van der Waals surface area contributed by atoms with Crippen molar-refractivity contribution in [1.82, 2.24) is 4.57 Å². The molecule has 0 aromatic carbocycles. The van der Waals surface area contributed by atoms with Gasteiger partial charge in [-0.3, -0.25) is 0 Å². The number of thiophene rings is 1. The van der Waals surface area contributed by atoms with Gasteiger partial charge in [0.25, 0.3) is 0 Å². The molecule has 0 radical (unpaired) electrons. The molecule has 0 aliphatic heterocycles. The summed E-state index contributed by atoms with van der Waals surface area (Å²) in [5.74, 6) is -0.905. The number of nitrogens with zero attached hydrogens (tertiary/aromatic N) is 1. The molecule has 2 aromatic rings. The zero-order chi connectivity index (χ0) is 10.8. The Hall–Kier alpha value is -1.26. The predicted octanol–water partition coefficient (Wildman–Crippen LogP) is 2.95. The topological polar surface area (TPSA) is 42.2 Å². The summed E-state index contributed by atoms with van der Waals surface area (Å²) in [7, 11) is 0. The van der Waals surface area contributed by atoms with Gasteiger partial charge in [0.2, 0.25) is 0 Å². The molecule has 0 saturated carbocycles.